The maximum Gasteiger partial charge on any atom is 0.409 e. The minimum absolute atomic E-state index is 0.242. The summed E-state index contributed by atoms with van der Waals surface area (Å²) in [5.41, 5.74) is 1.33. The predicted molar refractivity (Wildman–Crippen MR) is 104 cm³/mol. The number of amides is 1. The van der Waals surface area contributed by atoms with Crippen LogP contribution in [-0.4, -0.2) is 56.8 Å². The third-order valence-corrected chi connectivity index (χ3v) is 4.81. The highest BCUT2D eigenvalue weighted by molar-refractivity contribution is 9.10. The fraction of sp³-hybridized carbons (Fsp3) is 0.556. The molecule has 0 spiro atoms. The van der Waals surface area contributed by atoms with Gasteiger partial charge in [0, 0.05) is 37.2 Å². The Bertz CT molecular complexity index is 586. The molecule has 1 saturated heterocycles. The molecule has 0 atom stereocenters. The number of aliphatic imine (C=N–C) groups is 1. The zero-order chi connectivity index (χ0) is 18.1. The minimum atomic E-state index is -0.242. The van der Waals surface area contributed by atoms with Crippen molar-refractivity contribution in [3.05, 3.63) is 34.3 Å². The van der Waals surface area contributed by atoms with Gasteiger partial charge >= 0.3 is 6.09 Å². The van der Waals surface area contributed by atoms with E-state index in [0.29, 0.717) is 19.1 Å². The summed E-state index contributed by atoms with van der Waals surface area (Å²) in [4.78, 5) is 17.5. The van der Waals surface area contributed by atoms with E-state index < -0.39 is 0 Å². The lowest BCUT2D eigenvalue weighted by Gasteiger charge is -2.32. The highest BCUT2D eigenvalue weighted by atomic mass is 79.9. The Hall–Kier alpha value is -1.76. The maximum absolute atomic E-state index is 11.5. The second kappa shape index (κ2) is 10.3. The summed E-state index contributed by atoms with van der Waals surface area (Å²) in [5.74, 6) is 0.825. The molecule has 0 bridgehead atoms. The first-order valence-corrected chi connectivity index (χ1v) is 9.46. The lowest BCUT2D eigenvalue weighted by molar-refractivity contribution is 0.111. The van der Waals surface area contributed by atoms with Crippen molar-refractivity contribution >= 4 is 28.0 Å². The number of likely N-dealkylation sites (tertiary alicyclic amines) is 1. The van der Waals surface area contributed by atoms with E-state index in [1.807, 2.05) is 6.07 Å². The van der Waals surface area contributed by atoms with E-state index in [1.165, 1.54) is 12.7 Å². The number of halogens is 1. The normalized spacial score (nSPS) is 15.8. The molecule has 1 heterocycles. The van der Waals surface area contributed by atoms with Gasteiger partial charge in [-0.3, -0.25) is 4.99 Å². The van der Waals surface area contributed by atoms with Crippen molar-refractivity contribution in [1.82, 2.24) is 15.5 Å². The number of ether oxygens (including phenoxy) is 1. The van der Waals surface area contributed by atoms with Crippen LogP contribution in [-0.2, 0) is 11.2 Å². The van der Waals surface area contributed by atoms with E-state index in [2.05, 4.69) is 49.8 Å². The summed E-state index contributed by atoms with van der Waals surface area (Å²) < 4.78 is 5.88. The van der Waals surface area contributed by atoms with Crippen LogP contribution < -0.4 is 10.6 Å². The molecule has 1 fully saturated rings. The van der Waals surface area contributed by atoms with Crippen molar-refractivity contribution in [2.24, 2.45) is 4.99 Å². The number of methoxy groups -OCH3 is 1. The minimum Gasteiger partial charge on any atom is -0.453 e. The van der Waals surface area contributed by atoms with Gasteiger partial charge in [-0.2, -0.15) is 0 Å². The number of piperidine rings is 1. The Morgan fingerprint density at radius 1 is 1.40 bits per heavy atom. The van der Waals surface area contributed by atoms with Gasteiger partial charge in [-0.05, 0) is 43.4 Å². The maximum atomic E-state index is 11.5. The van der Waals surface area contributed by atoms with E-state index in [-0.39, 0.29) is 6.09 Å². The lowest BCUT2D eigenvalue weighted by Crippen LogP contribution is -2.49. The monoisotopic (exact) mass is 410 g/mol. The summed E-state index contributed by atoms with van der Waals surface area (Å²) in [6, 6.07) is 8.74. The topological polar surface area (TPSA) is 66.0 Å². The van der Waals surface area contributed by atoms with Gasteiger partial charge in [-0.15, -0.1) is 0 Å². The number of nitrogens with zero attached hydrogens (tertiary/aromatic N) is 2. The van der Waals surface area contributed by atoms with Gasteiger partial charge in [-0.1, -0.05) is 28.1 Å². The molecule has 1 aromatic carbocycles. The van der Waals surface area contributed by atoms with Crippen LogP contribution in [0.3, 0.4) is 0 Å². The Balaban J connectivity index is 1.66. The van der Waals surface area contributed by atoms with Crippen LogP contribution in [0.1, 0.15) is 24.8 Å². The smallest absolute Gasteiger partial charge is 0.409 e. The Kier molecular flexibility index (Phi) is 8.04. The van der Waals surface area contributed by atoms with Crippen molar-refractivity contribution in [3.63, 3.8) is 0 Å². The first kappa shape index (κ1) is 19.6. The zero-order valence-electron chi connectivity index (χ0n) is 14.9. The number of aryl methyl sites for hydroxylation is 1. The molecule has 1 aliphatic heterocycles. The largest absolute Gasteiger partial charge is 0.453 e. The Morgan fingerprint density at radius 3 is 2.80 bits per heavy atom. The van der Waals surface area contributed by atoms with Crippen LogP contribution in [0, 0.1) is 0 Å². The second-order valence-corrected chi connectivity index (χ2v) is 7.02. The lowest BCUT2D eigenvalue weighted by atomic mass is 10.1. The predicted octanol–water partition coefficient (Wildman–Crippen LogP) is 2.78. The molecule has 1 amide bonds. The SMILES string of the molecule is CN=C(NCCCc1cccc(Br)c1)NC1CCN(C(=O)OC)CC1. The fourth-order valence-electron chi connectivity index (χ4n) is 2.92. The van der Waals surface area contributed by atoms with E-state index in [9.17, 15) is 4.79 Å². The van der Waals surface area contributed by atoms with Gasteiger partial charge in [0.05, 0.1) is 7.11 Å². The molecular weight excluding hydrogens is 384 g/mol. The molecule has 0 aromatic heterocycles. The molecular formula is C18H27BrN4O2. The second-order valence-electron chi connectivity index (χ2n) is 6.11. The highest BCUT2D eigenvalue weighted by Gasteiger charge is 2.23. The molecule has 1 aromatic rings. The van der Waals surface area contributed by atoms with Crippen LogP contribution in [0.15, 0.2) is 33.7 Å². The summed E-state index contributed by atoms with van der Waals surface area (Å²) in [6.45, 7) is 2.29. The van der Waals surface area contributed by atoms with Gasteiger partial charge in [0.2, 0.25) is 0 Å². The average Bonchev–Trinajstić information content (AvgIpc) is 2.64. The number of rotatable bonds is 5. The third kappa shape index (κ3) is 6.57. The molecule has 7 heteroatoms. The van der Waals surface area contributed by atoms with Crippen molar-refractivity contribution in [2.45, 2.75) is 31.7 Å². The van der Waals surface area contributed by atoms with Gasteiger partial charge in [0.25, 0.3) is 0 Å². The average molecular weight is 411 g/mol. The van der Waals surface area contributed by atoms with Crippen LogP contribution in [0.2, 0.25) is 0 Å². The number of nitrogens with one attached hydrogen (secondary N) is 2. The third-order valence-electron chi connectivity index (χ3n) is 4.32. The van der Waals surface area contributed by atoms with Crippen LogP contribution in [0.5, 0.6) is 0 Å². The standard InChI is InChI=1S/C18H27BrN4O2/c1-20-17(21-10-4-6-14-5-3-7-15(19)13-14)22-16-8-11-23(12-9-16)18(24)25-2/h3,5,7,13,16H,4,6,8-12H2,1-2H3,(H2,20,21,22). The molecule has 25 heavy (non-hydrogen) atoms. The number of benzene rings is 1. The van der Waals surface area contributed by atoms with Gasteiger partial charge < -0.3 is 20.3 Å². The summed E-state index contributed by atoms with van der Waals surface area (Å²) >= 11 is 3.50. The summed E-state index contributed by atoms with van der Waals surface area (Å²) in [6.07, 6.45) is 3.62. The van der Waals surface area contributed by atoms with Crippen molar-refractivity contribution in [1.29, 1.82) is 0 Å². The first-order chi connectivity index (χ1) is 12.1. The van der Waals surface area contributed by atoms with Gasteiger partial charge in [0.15, 0.2) is 5.96 Å². The number of carbonyl (C=O) groups excluding carboxylic acids is 1. The van der Waals surface area contributed by atoms with E-state index in [4.69, 9.17) is 4.74 Å². The molecule has 0 saturated carbocycles. The quantitative estimate of drug-likeness (QED) is 0.444. The molecule has 6 nitrogen and oxygen atoms in total. The van der Waals surface area contributed by atoms with Gasteiger partial charge in [-0.25, -0.2) is 4.79 Å². The van der Waals surface area contributed by atoms with Crippen molar-refractivity contribution in [3.8, 4) is 0 Å². The van der Waals surface area contributed by atoms with Crippen LogP contribution in [0.25, 0.3) is 0 Å². The molecule has 2 rings (SSSR count). The Morgan fingerprint density at radius 2 is 2.16 bits per heavy atom. The van der Waals surface area contributed by atoms with E-state index in [1.54, 1.807) is 11.9 Å². The molecule has 0 aliphatic carbocycles. The van der Waals surface area contributed by atoms with Crippen molar-refractivity contribution in [2.75, 3.05) is 33.8 Å². The summed E-state index contributed by atoms with van der Waals surface area (Å²) in [5, 5.41) is 6.81. The molecule has 2 N–H and O–H groups in total. The summed E-state index contributed by atoms with van der Waals surface area (Å²) in [7, 11) is 3.21. The van der Waals surface area contributed by atoms with Crippen LogP contribution >= 0.6 is 15.9 Å². The Labute approximate surface area is 158 Å². The number of carbonyl (C=O) groups is 1. The highest BCUT2D eigenvalue weighted by Crippen LogP contribution is 2.13. The fourth-order valence-corrected chi connectivity index (χ4v) is 3.36. The van der Waals surface area contributed by atoms with E-state index >= 15 is 0 Å². The number of hydrogen-bond acceptors (Lipinski definition) is 3. The molecule has 1 aliphatic rings. The number of hydrogen-bond donors (Lipinski definition) is 2. The first-order valence-electron chi connectivity index (χ1n) is 8.67. The molecule has 138 valence electrons. The van der Waals surface area contributed by atoms with Gasteiger partial charge in [0.1, 0.15) is 0 Å². The van der Waals surface area contributed by atoms with Crippen LogP contribution in [0.4, 0.5) is 4.79 Å². The van der Waals surface area contributed by atoms with Crippen molar-refractivity contribution < 1.29 is 9.53 Å². The molecule has 0 radical (unpaired) electrons. The van der Waals surface area contributed by atoms with E-state index in [0.717, 1.165) is 42.7 Å². The zero-order valence-corrected chi connectivity index (χ0v) is 16.5. The number of guanidine groups is 1. The molecule has 0 unspecified atom stereocenters.